The van der Waals surface area contributed by atoms with Crippen LogP contribution in [0.25, 0.3) is 11.2 Å². The SMILES string of the molecule is Cn1c(=O)[nH]c(=O)c2c1nc(N1CCCCCC1)n2Cc1ccc(Cl)cc1. The zero-order chi connectivity index (χ0) is 19.0. The van der Waals surface area contributed by atoms with E-state index in [9.17, 15) is 9.59 Å². The topological polar surface area (TPSA) is 75.9 Å². The molecule has 8 heteroatoms. The van der Waals surface area contributed by atoms with Gasteiger partial charge in [-0.25, -0.2) is 4.79 Å². The summed E-state index contributed by atoms with van der Waals surface area (Å²) in [5.41, 5.74) is 0.993. The van der Waals surface area contributed by atoms with Crippen LogP contribution in [0.5, 0.6) is 0 Å². The number of anilines is 1. The maximum Gasteiger partial charge on any atom is 0.329 e. The number of halogens is 1. The number of benzene rings is 1. The average Bonchev–Trinajstić information content (AvgIpc) is 2.83. The van der Waals surface area contributed by atoms with Gasteiger partial charge in [-0.15, -0.1) is 0 Å². The molecule has 1 fully saturated rings. The molecule has 7 nitrogen and oxygen atoms in total. The molecule has 0 bridgehead atoms. The molecular weight excluding hydrogens is 366 g/mol. The Hall–Kier alpha value is -2.54. The van der Waals surface area contributed by atoms with E-state index in [0.717, 1.165) is 37.4 Å². The van der Waals surface area contributed by atoms with Crippen LogP contribution < -0.4 is 16.1 Å². The molecule has 1 aromatic carbocycles. The van der Waals surface area contributed by atoms with Crippen molar-refractivity contribution in [2.24, 2.45) is 7.05 Å². The lowest BCUT2D eigenvalue weighted by Gasteiger charge is -2.22. The summed E-state index contributed by atoms with van der Waals surface area (Å²) in [4.78, 5) is 34.0. The summed E-state index contributed by atoms with van der Waals surface area (Å²) < 4.78 is 3.32. The van der Waals surface area contributed by atoms with Crippen molar-refractivity contribution in [2.75, 3.05) is 18.0 Å². The highest BCUT2D eigenvalue weighted by atomic mass is 35.5. The van der Waals surface area contributed by atoms with E-state index < -0.39 is 11.2 Å². The normalized spacial score (nSPS) is 15.3. The Balaban J connectivity index is 1.90. The molecule has 27 heavy (non-hydrogen) atoms. The number of nitrogens with one attached hydrogen (secondary N) is 1. The van der Waals surface area contributed by atoms with E-state index >= 15 is 0 Å². The van der Waals surface area contributed by atoms with Crippen LogP contribution in [0.3, 0.4) is 0 Å². The number of imidazole rings is 1. The second kappa shape index (κ2) is 7.23. The number of nitrogens with zero attached hydrogens (tertiary/aromatic N) is 4. The van der Waals surface area contributed by atoms with E-state index in [0.29, 0.717) is 22.7 Å². The van der Waals surface area contributed by atoms with Crippen molar-refractivity contribution in [3.63, 3.8) is 0 Å². The molecule has 142 valence electrons. The molecule has 1 N–H and O–H groups in total. The zero-order valence-corrected chi connectivity index (χ0v) is 16.0. The third kappa shape index (κ3) is 3.39. The van der Waals surface area contributed by atoms with Crippen LogP contribution in [0.1, 0.15) is 31.2 Å². The van der Waals surface area contributed by atoms with E-state index in [1.165, 1.54) is 17.4 Å². The summed E-state index contributed by atoms with van der Waals surface area (Å²) in [6.07, 6.45) is 4.60. The second-order valence-corrected chi connectivity index (χ2v) is 7.45. The Morgan fingerprint density at radius 2 is 1.74 bits per heavy atom. The van der Waals surface area contributed by atoms with Gasteiger partial charge in [-0.1, -0.05) is 36.6 Å². The summed E-state index contributed by atoms with van der Waals surface area (Å²) in [5, 5.41) is 0.669. The molecular formula is C19H22ClN5O2. The molecule has 0 atom stereocenters. The van der Waals surface area contributed by atoms with Crippen LogP contribution in [0.4, 0.5) is 5.95 Å². The fourth-order valence-electron chi connectivity index (χ4n) is 3.66. The molecule has 3 aromatic rings. The van der Waals surface area contributed by atoms with E-state index in [1.54, 1.807) is 7.05 Å². The molecule has 0 aliphatic carbocycles. The highest BCUT2D eigenvalue weighted by molar-refractivity contribution is 6.30. The number of hydrogen-bond donors (Lipinski definition) is 1. The van der Waals surface area contributed by atoms with Crippen molar-refractivity contribution in [3.05, 3.63) is 55.7 Å². The predicted octanol–water partition coefficient (Wildman–Crippen LogP) is 2.51. The molecule has 3 heterocycles. The van der Waals surface area contributed by atoms with Crippen LogP contribution in [-0.4, -0.2) is 32.2 Å². The molecule has 0 spiro atoms. The van der Waals surface area contributed by atoms with Gasteiger partial charge in [0.15, 0.2) is 11.2 Å². The van der Waals surface area contributed by atoms with E-state index in [1.807, 2.05) is 28.8 Å². The van der Waals surface area contributed by atoms with Crippen LogP contribution >= 0.6 is 11.6 Å². The molecule has 0 amide bonds. The summed E-state index contributed by atoms with van der Waals surface area (Å²) in [7, 11) is 1.63. The van der Waals surface area contributed by atoms with E-state index in [-0.39, 0.29) is 0 Å². The second-order valence-electron chi connectivity index (χ2n) is 7.02. The lowest BCUT2D eigenvalue weighted by molar-refractivity contribution is 0.715. The minimum Gasteiger partial charge on any atom is -0.342 e. The van der Waals surface area contributed by atoms with Crippen LogP contribution in [0.2, 0.25) is 5.02 Å². The smallest absolute Gasteiger partial charge is 0.329 e. The summed E-state index contributed by atoms with van der Waals surface area (Å²) in [5.74, 6) is 0.744. The van der Waals surface area contributed by atoms with Crippen molar-refractivity contribution >= 4 is 28.7 Å². The Bertz CT molecular complexity index is 1070. The lowest BCUT2D eigenvalue weighted by atomic mass is 10.2. The van der Waals surface area contributed by atoms with Crippen molar-refractivity contribution < 1.29 is 0 Å². The fraction of sp³-hybridized carbons (Fsp3) is 0.421. The van der Waals surface area contributed by atoms with E-state index in [2.05, 4.69) is 9.88 Å². The number of aryl methyl sites for hydroxylation is 1. The van der Waals surface area contributed by atoms with Crippen molar-refractivity contribution in [2.45, 2.75) is 32.2 Å². The van der Waals surface area contributed by atoms with Gasteiger partial charge >= 0.3 is 5.69 Å². The minimum absolute atomic E-state index is 0.407. The summed E-state index contributed by atoms with van der Waals surface area (Å²) >= 11 is 6.00. The van der Waals surface area contributed by atoms with Crippen molar-refractivity contribution in [1.29, 1.82) is 0 Å². The Labute approximate surface area is 161 Å². The Kier molecular flexibility index (Phi) is 4.78. The van der Waals surface area contributed by atoms with Crippen LogP contribution in [-0.2, 0) is 13.6 Å². The predicted molar refractivity (Wildman–Crippen MR) is 107 cm³/mol. The molecule has 2 aromatic heterocycles. The van der Waals surface area contributed by atoms with E-state index in [4.69, 9.17) is 16.6 Å². The highest BCUT2D eigenvalue weighted by Gasteiger charge is 2.22. The molecule has 0 unspecified atom stereocenters. The van der Waals surface area contributed by atoms with Crippen molar-refractivity contribution in [3.8, 4) is 0 Å². The number of aromatic nitrogens is 4. The number of fused-ring (bicyclic) bond motifs is 1. The van der Waals surface area contributed by atoms with Gasteiger partial charge < -0.3 is 4.90 Å². The first kappa shape index (κ1) is 17.9. The minimum atomic E-state index is -0.453. The lowest BCUT2D eigenvalue weighted by Crippen LogP contribution is -2.30. The summed E-state index contributed by atoms with van der Waals surface area (Å²) in [6.45, 7) is 2.28. The first-order valence-corrected chi connectivity index (χ1v) is 9.61. The quantitative estimate of drug-likeness (QED) is 0.749. The third-order valence-electron chi connectivity index (χ3n) is 5.13. The number of rotatable bonds is 3. The first-order valence-electron chi connectivity index (χ1n) is 9.23. The maximum absolute atomic E-state index is 12.6. The van der Waals surface area contributed by atoms with Gasteiger partial charge in [0.2, 0.25) is 5.95 Å². The summed E-state index contributed by atoms with van der Waals surface area (Å²) in [6, 6.07) is 7.55. The van der Waals surface area contributed by atoms with Gasteiger partial charge in [0.05, 0.1) is 6.54 Å². The van der Waals surface area contributed by atoms with Gasteiger partial charge in [0, 0.05) is 25.2 Å². The van der Waals surface area contributed by atoms with Gasteiger partial charge in [-0.2, -0.15) is 4.98 Å². The van der Waals surface area contributed by atoms with Crippen LogP contribution in [0.15, 0.2) is 33.9 Å². The Morgan fingerprint density at radius 3 is 2.41 bits per heavy atom. The number of H-pyrrole nitrogens is 1. The molecule has 1 saturated heterocycles. The fourth-order valence-corrected chi connectivity index (χ4v) is 3.78. The molecule has 1 aliphatic heterocycles. The standard InChI is InChI=1S/C19H22ClN5O2/c1-23-16-15(17(26)22-19(23)27)25(12-13-6-8-14(20)9-7-13)18(21-16)24-10-4-2-3-5-11-24/h6-9H,2-5,10-12H2,1H3,(H,22,26,27). The van der Waals surface area contributed by atoms with Gasteiger partial charge in [0.1, 0.15) is 0 Å². The monoisotopic (exact) mass is 387 g/mol. The first-order chi connectivity index (χ1) is 13.0. The average molecular weight is 388 g/mol. The molecule has 0 saturated carbocycles. The van der Waals surface area contributed by atoms with Crippen LogP contribution in [0, 0.1) is 0 Å². The zero-order valence-electron chi connectivity index (χ0n) is 15.2. The number of aromatic amines is 1. The largest absolute Gasteiger partial charge is 0.342 e. The highest BCUT2D eigenvalue weighted by Crippen LogP contribution is 2.24. The Morgan fingerprint density at radius 1 is 1.07 bits per heavy atom. The molecule has 0 radical (unpaired) electrons. The van der Waals surface area contributed by atoms with Crippen molar-refractivity contribution in [1.82, 2.24) is 19.1 Å². The molecule has 4 rings (SSSR count). The van der Waals surface area contributed by atoms with Gasteiger partial charge in [-0.05, 0) is 30.5 Å². The third-order valence-corrected chi connectivity index (χ3v) is 5.38. The molecule has 1 aliphatic rings. The maximum atomic E-state index is 12.6. The van der Waals surface area contributed by atoms with Gasteiger partial charge in [-0.3, -0.25) is 18.9 Å². The number of hydrogen-bond acceptors (Lipinski definition) is 4. The van der Waals surface area contributed by atoms with Gasteiger partial charge in [0.25, 0.3) is 5.56 Å².